The molecule has 0 spiro atoms. The van der Waals surface area contributed by atoms with Crippen molar-refractivity contribution in [3.63, 3.8) is 0 Å². The Morgan fingerprint density at radius 2 is 2.00 bits per heavy atom. The molecule has 0 aliphatic carbocycles. The Kier molecular flexibility index (Phi) is 3.45. The summed E-state index contributed by atoms with van der Waals surface area (Å²) in [5.41, 5.74) is 5.63. The van der Waals surface area contributed by atoms with Gasteiger partial charge in [0.05, 0.1) is 0 Å². The van der Waals surface area contributed by atoms with Gasteiger partial charge in [0.25, 0.3) is 0 Å². The van der Waals surface area contributed by atoms with Crippen LogP contribution >= 0.6 is 11.9 Å². The number of rotatable bonds is 2. The Balaban J connectivity index is 1.92. The quantitative estimate of drug-likeness (QED) is 0.757. The van der Waals surface area contributed by atoms with Gasteiger partial charge in [-0.3, -0.25) is 0 Å². The molecule has 0 aromatic carbocycles. The highest BCUT2D eigenvalue weighted by Crippen LogP contribution is 2.22. The van der Waals surface area contributed by atoms with E-state index in [0.717, 1.165) is 31.2 Å². The van der Waals surface area contributed by atoms with Crippen molar-refractivity contribution < 1.29 is 0 Å². The topological polar surface area (TPSA) is 45.4 Å². The van der Waals surface area contributed by atoms with Gasteiger partial charge >= 0.3 is 0 Å². The highest BCUT2D eigenvalue weighted by atomic mass is 32.2. The van der Waals surface area contributed by atoms with E-state index < -0.39 is 0 Å². The van der Waals surface area contributed by atoms with Crippen LogP contribution < -0.4 is 5.73 Å². The van der Waals surface area contributed by atoms with Crippen LogP contribution in [0.4, 0.5) is 5.82 Å². The average molecular weight is 224 g/mol. The van der Waals surface area contributed by atoms with Crippen LogP contribution in [0.1, 0.15) is 0 Å². The highest BCUT2D eigenvalue weighted by Gasteiger charge is 2.15. The summed E-state index contributed by atoms with van der Waals surface area (Å²) < 4.78 is 2.34. The molecule has 0 radical (unpaired) electrons. The first-order valence-corrected chi connectivity index (χ1v) is 5.85. The van der Waals surface area contributed by atoms with Crippen molar-refractivity contribution in [3.05, 3.63) is 18.2 Å². The number of nitrogen functional groups attached to an aromatic ring is 1. The summed E-state index contributed by atoms with van der Waals surface area (Å²) in [4.78, 5) is 6.61. The molecule has 1 aromatic rings. The molecule has 5 heteroatoms. The van der Waals surface area contributed by atoms with Crippen molar-refractivity contribution in [2.45, 2.75) is 5.03 Å². The van der Waals surface area contributed by atoms with Gasteiger partial charge in [0.1, 0.15) is 10.8 Å². The van der Waals surface area contributed by atoms with Crippen LogP contribution in [0.5, 0.6) is 0 Å². The lowest BCUT2D eigenvalue weighted by molar-refractivity contribution is 0.233. The molecule has 15 heavy (non-hydrogen) atoms. The van der Waals surface area contributed by atoms with Gasteiger partial charge in [-0.1, -0.05) is 6.07 Å². The minimum Gasteiger partial charge on any atom is -0.384 e. The van der Waals surface area contributed by atoms with Crippen LogP contribution in [-0.4, -0.2) is 47.4 Å². The van der Waals surface area contributed by atoms with Crippen LogP contribution in [0.2, 0.25) is 0 Å². The van der Waals surface area contributed by atoms with E-state index in [9.17, 15) is 0 Å². The number of nitrogens with zero attached hydrogens (tertiary/aromatic N) is 3. The molecule has 0 saturated carbocycles. The predicted octanol–water partition coefficient (Wildman–Crippen LogP) is 0.918. The second-order valence-electron chi connectivity index (χ2n) is 3.72. The first kappa shape index (κ1) is 10.7. The van der Waals surface area contributed by atoms with Gasteiger partial charge in [-0.05, 0) is 31.1 Å². The van der Waals surface area contributed by atoms with Gasteiger partial charge in [0, 0.05) is 26.2 Å². The minimum atomic E-state index is 0.592. The molecule has 0 bridgehead atoms. The van der Waals surface area contributed by atoms with Crippen molar-refractivity contribution in [1.29, 1.82) is 0 Å². The first-order chi connectivity index (χ1) is 7.24. The van der Waals surface area contributed by atoms with Gasteiger partial charge < -0.3 is 10.6 Å². The number of aromatic nitrogens is 1. The fourth-order valence-electron chi connectivity index (χ4n) is 1.49. The number of anilines is 1. The number of pyridine rings is 1. The van der Waals surface area contributed by atoms with Crippen molar-refractivity contribution >= 4 is 17.8 Å². The molecule has 2 rings (SSSR count). The SMILES string of the molecule is CN1CCN(Sc2cccc(N)n2)CC1. The maximum atomic E-state index is 5.63. The summed E-state index contributed by atoms with van der Waals surface area (Å²) in [5.74, 6) is 0.592. The zero-order valence-corrected chi connectivity index (χ0v) is 9.70. The van der Waals surface area contributed by atoms with Crippen molar-refractivity contribution in [2.24, 2.45) is 0 Å². The van der Waals surface area contributed by atoms with E-state index in [1.807, 2.05) is 18.2 Å². The third-order valence-electron chi connectivity index (χ3n) is 2.43. The second kappa shape index (κ2) is 4.83. The summed E-state index contributed by atoms with van der Waals surface area (Å²) in [5, 5.41) is 0.986. The minimum absolute atomic E-state index is 0.592. The fraction of sp³-hybridized carbons (Fsp3) is 0.500. The first-order valence-electron chi connectivity index (χ1n) is 5.08. The molecular weight excluding hydrogens is 208 g/mol. The van der Waals surface area contributed by atoms with Gasteiger partial charge in [-0.2, -0.15) is 0 Å². The Hall–Kier alpha value is -0.780. The van der Waals surface area contributed by atoms with E-state index in [4.69, 9.17) is 5.73 Å². The zero-order valence-electron chi connectivity index (χ0n) is 8.89. The van der Waals surface area contributed by atoms with E-state index in [1.54, 1.807) is 11.9 Å². The largest absolute Gasteiger partial charge is 0.384 e. The molecule has 1 saturated heterocycles. The molecule has 2 heterocycles. The van der Waals surface area contributed by atoms with Crippen LogP contribution in [-0.2, 0) is 0 Å². The number of hydrogen-bond acceptors (Lipinski definition) is 5. The molecular formula is C10H16N4S. The Labute approximate surface area is 94.6 Å². The maximum absolute atomic E-state index is 5.63. The third kappa shape index (κ3) is 3.09. The van der Waals surface area contributed by atoms with E-state index in [-0.39, 0.29) is 0 Å². The zero-order chi connectivity index (χ0) is 10.7. The summed E-state index contributed by atoms with van der Waals surface area (Å²) in [6.45, 7) is 4.40. The lowest BCUT2D eigenvalue weighted by Crippen LogP contribution is -2.41. The molecule has 1 aromatic heterocycles. The molecule has 82 valence electrons. The van der Waals surface area contributed by atoms with Crippen LogP contribution in [0, 0.1) is 0 Å². The standard InChI is InChI=1S/C10H16N4S/c1-13-5-7-14(8-6-13)15-10-4-2-3-9(11)12-10/h2-4H,5-8H2,1H3,(H2,11,12). The Morgan fingerprint density at radius 3 is 2.67 bits per heavy atom. The van der Waals surface area contributed by atoms with E-state index in [1.165, 1.54) is 0 Å². The molecule has 1 aliphatic rings. The lowest BCUT2D eigenvalue weighted by atomic mass is 10.4. The van der Waals surface area contributed by atoms with Crippen molar-refractivity contribution in [2.75, 3.05) is 39.0 Å². The summed E-state index contributed by atoms with van der Waals surface area (Å²) >= 11 is 1.70. The van der Waals surface area contributed by atoms with Crippen LogP contribution in [0.15, 0.2) is 23.2 Å². The summed E-state index contributed by atoms with van der Waals surface area (Å²) in [7, 11) is 2.15. The van der Waals surface area contributed by atoms with Crippen molar-refractivity contribution in [3.8, 4) is 0 Å². The average Bonchev–Trinajstić information content (AvgIpc) is 2.22. The van der Waals surface area contributed by atoms with Gasteiger partial charge in [-0.25, -0.2) is 9.29 Å². The third-order valence-corrected chi connectivity index (χ3v) is 3.47. The van der Waals surface area contributed by atoms with Crippen molar-refractivity contribution in [1.82, 2.24) is 14.2 Å². The van der Waals surface area contributed by atoms with Gasteiger partial charge in [-0.15, -0.1) is 0 Å². The van der Waals surface area contributed by atoms with Crippen LogP contribution in [0.3, 0.4) is 0 Å². The second-order valence-corrected chi connectivity index (χ2v) is 4.84. The maximum Gasteiger partial charge on any atom is 0.124 e. The molecule has 2 N–H and O–H groups in total. The van der Waals surface area contributed by atoms with E-state index in [0.29, 0.717) is 5.82 Å². The number of nitrogens with two attached hydrogens (primary N) is 1. The van der Waals surface area contributed by atoms with Gasteiger partial charge in [0.15, 0.2) is 0 Å². The molecule has 1 fully saturated rings. The predicted molar refractivity (Wildman–Crippen MR) is 63.6 cm³/mol. The fourth-order valence-corrected chi connectivity index (χ4v) is 2.39. The van der Waals surface area contributed by atoms with E-state index >= 15 is 0 Å². The molecule has 0 amide bonds. The number of likely N-dealkylation sites (N-methyl/N-ethyl adjacent to an activating group) is 1. The lowest BCUT2D eigenvalue weighted by Gasteiger charge is -2.30. The van der Waals surface area contributed by atoms with Gasteiger partial charge in [0.2, 0.25) is 0 Å². The Bertz CT molecular complexity index is 323. The smallest absolute Gasteiger partial charge is 0.124 e. The number of piperazine rings is 1. The highest BCUT2D eigenvalue weighted by molar-refractivity contribution is 7.97. The molecule has 0 atom stereocenters. The summed E-state index contributed by atoms with van der Waals surface area (Å²) in [6, 6.07) is 5.76. The Morgan fingerprint density at radius 1 is 1.27 bits per heavy atom. The molecule has 4 nitrogen and oxygen atoms in total. The normalized spacial score (nSPS) is 19.3. The summed E-state index contributed by atoms with van der Waals surface area (Å²) in [6.07, 6.45) is 0. The van der Waals surface area contributed by atoms with Crippen LogP contribution in [0.25, 0.3) is 0 Å². The molecule has 0 unspecified atom stereocenters. The van der Waals surface area contributed by atoms with E-state index in [2.05, 4.69) is 21.2 Å². The monoisotopic (exact) mass is 224 g/mol. The molecule has 1 aliphatic heterocycles. The number of hydrogen-bond donors (Lipinski definition) is 1.